The first-order valence-corrected chi connectivity index (χ1v) is 7.28. The van der Waals surface area contributed by atoms with Crippen molar-refractivity contribution in [2.24, 2.45) is 0 Å². The fourth-order valence-corrected chi connectivity index (χ4v) is 1.85. The van der Waals surface area contributed by atoms with Gasteiger partial charge in [-0.15, -0.1) is 0 Å². The third-order valence-electron chi connectivity index (χ3n) is 2.99. The minimum atomic E-state index is -0.535. The third-order valence-corrected chi connectivity index (χ3v) is 2.99. The summed E-state index contributed by atoms with van der Waals surface area (Å²) >= 11 is 0. The molecule has 0 aliphatic carbocycles. The van der Waals surface area contributed by atoms with Gasteiger partial charge in [0.15, 0.2) is 0 Å². The maximum absolute atomic E-state index is 9.79. The van der Waals surface area contributed by atoms with Crippen molar-refractivity contribution in [1.29, 1.82) is 5.26 Å². The first kappa shape index (κ1) is 16.5. The lowest BCUT2D eigenvalue weighted by Gasteiger charge is -2.13. The Bertz CT molecular complexity index is 415. The molecule has 0 amide bonds. The average molecular weight is 276 g/mol. The van der Waals surface area contributed by atoms with Gasteiger partial charge in [-0.3, -0.25) is 0 Å². The summed E-state index contributed by atoms with van der Waals surface area (Å²) in [6, 6.07) is 9.01. The quantitative estimate of drug-likeness (QED) is 0.644. The topological polar surface area (TPSA) is 65.3 Å². The van der Waals surface area contributed by atoms with Crippen LogP contribution in [0.1, 0.15) is 38.2 Å². The highest BCUT2D eigenvalue weighted by atomic mass is 16.5. The van der Waals surface area contributed by atoms with Crippen LogP contribution in [0.3, 0.4) is 0 Å². The number of rotatable bonds is 10. The van der Waals surface area contributed by atoms with Crippen LogP contribution in [0, 0.1) is 11.3 Å². The van der Waals surface area contributed by atoms with Crippen molar-refractivity contribution >= 4 is 0 Å². The zero-order chi connectivity index (χ0) is 14.6. The van der Waals surface area contributed by atoms with Crippen molar-refractivity contribution in [3.05, 3.63) is 29.8 Å². The van der Waals surface area contributed by atoms with Gasteiger partial charge in [-0.25, -0.2) is 0 Å². The molecule has 110 valence electrons. The molecule has 0 aliphatic heterocycles. The summed E-state index contributed by atoms with van der Waals surface area (Å²) in [6.45, 7) is 3.89. The summed E-state index contributed by atoms with van der Waals surface area (Å²) in [7, 11) is 0. The highest BCUT2D eigenvalue weighted by molar-refractivity contribution is 5.36. The Morgan fingerprint density at radius 3 is 2.95 bits per heavy atom. The van der Waals surface area contributed by atoms with E-state index in [0.29, 0.717) is 17.9 Å². The minimum absolute atomic E-state index is 0.233. The van der Waals surface area contributed by atoms with Crippen LogP contribution in [0.25, 0.3) is 0 Å². The van der Waals surface area contributed by atoms with Gasteiger partial charge in [0.2, 0.25) is 0 Å². The molecule has 0 spiro atoms. The molecule has 0 heterocycles. The Balaban J connectivity index is 2.13. The molecule has 1 unspecified atom stereocenters. The van der Waals surface area contributed by atoms with E-state index in [1.165, 1.54) is 19.3 Å². The maximum atomic E-state index is 9.79. The van der Waals surface area contributed by atoms with Gasteiger partial charge in [0.1, 0.15) is 18.5 Å². The van der Waals surface area contributed by atoms with Crippen LogP contribution in [-0.2, 0) is 0 Å². The fraction of sp³-hybridized carbons (Fsp3) is 0.562. The Kier molecular flexibility index (Phi) is 8.44. The molecule has 0 saturated heterocycles. The second-order valence-corrected chi connectivity index (χ2v) is 4.87. The lowest BCUT2D eigenvalue weighted by Crippen LogP contribution is -2.32. The molecule has 0 aromatic heterocycles. The number of aliphatic hydroxyl groups excluding tert-OH is 1. The highest BCUT2D eigenvalue weighted by Gasteiger charge is 2.05. The summed E-state index contributed by atoms with van der Waals surface area (Å²) in [6.07, 6.45) is 4.34. The van der Waals surface area contributed by atoms with E-state index >= 15 is 0 Å². The predicted molar refractivity (Wildman–Crippen MR) is 79.7 cm³/mol. The molecule has 0 saturated carbocycles. The highest BCUT2D eigenvalue weighted by Crippen LogP contribution is 2.12. The van der Waals surface area contributed by atoms with Crippen molar-refractivity contribution in [2.45, 2.75) is 38.7 Å². The number of ether oxygens (including phenoxy) is 1. The van der Waals surface area contributed by atoms with Crippen LogP contribution in [0.5, 0.6) is 5.75 Å². The molecule has 2 N–H and O–H groups in total. The zero-order valence-electron chi connectivity index (χ0n) is 12.1. The van der Waals surface area contributed by atoms with Crippen molar-refractivity contribution in [3.63, 3.8) is 0 Å². The van der Waals surface area contributed by atoms with Gasteiger partial charge in [0, 0.05) is 6.54 Å². The number of nitriles is 1. The number of nitrogens with one attached hydrogen (secondary N) is 1. The Hall–Kier alpha value is -1.57. The van der Waals surface area contributed by atoms with E-state index in [2.05, 4.69) is 18.3 Å². The Morgan fingerprint density at radius 1 is 1.35 bits per heavy atom. The van der Waals surface area contributed by atoms with E-state index in [1.807, 2.05) is 0 Å². The molecule has 0 fully saturated rings. The molecule has 1 aromatic rings. The molecule has 0 radical (unpaired) electrons. The van der Waals surface area contributed by atoms with E-state index in [-0.39, 0.29) is 6.61 Å². The van der Waals surface area contributed by atoms with Crippen molar-refractivity contribution < 1.29 is 9.84 Å². The second-order valence-electron chi connectivity index (χ2n) is 4.87. The fourth-order valence-electron chi connectivity index (χ4n) is 1.85. The first-order valence-electron chi connectivity index (χ1n) is 7.28. The van der Waals surface area contributed by atoms with Gasteiger partial charge in [0.05, 0.1) is 11.6 Å². The van der Waals surface area contributed by atoms with Crippen LogP contribution < -0.4 is 10.1 Å². The van der Waals surface area contributed by atoms with E-state index in [9.17, 15) is 5.11 Å². The van der Waals surface area contributed by atoms with Crippen LogP contribution in [-0.4, -0.2) is 30.9 Å². The summed E-state index contributed by atoms with van der Waals surface area (Å²) < 4.78 is 5.46. The van der Waals surface area contributed by atoms with Crippen molar-refractivity contribution in [3.8, 4) is 11.8 Å². The second kappa shape index (κ2) is 10.2. The molecule has 0 aliphatic rings. The van der Waals surface area contributed by atoms with E-state index < -0.39 is 6.10 Å². The monoisotopic (exact) mass is 276 g/mol. The summed E-state index contributed by atoms with van der Waals surface area (Å²) in [5.41, 5.74) is 0.561. The normalized spacial score (nSPS) is 11.8. The van der Waals surface area contributed by atoms with Gasteiger partial charge in [0.25, 0.3) is 0 Å². The van der Waals surface area contributed by atoms with Gasteiger partial charge in [-0.1, -0.05) is 32.3 Å². The number of nitrogens with zero attached hydrogens (tertiary/aromatic N) is 1. The molecule has 20 heavy (non-hydrogen) atoms. The minimum Gasteiger partial charge on any atom is -0.491 e. The van der Waals surface area contributed by atoms with Crippen LogP contribution in [0.15, 0.2) is 24.3 Å². The molecular weight excluding hydrogens is 252 g/mol. The van der Waals surface area contributed by atoms with E-state index in [0.717, 1.165) is 13.0 Å². The van der Waals surface area contributed by atoms with Crippen LogP contribution >= 0.6 is 0 Å². The largest absolute Gasteiger partial charge is 0.491 e. The van der Waals surface area contributed by atoms with Crippen LogP contribution in [0.4, 0.5) is 0 Å². The van der Waals surface area contributed by atoms with Gasteiger partial charge in [-0.05, 0) is 31.2 Å². The molecule has 4 heteroatoms. The standard InChI is InChI=1S/C16H24N2O2/c1-2-3-4-5-9-18-12-15(19)13-20-16-8-6-7-14(10-16)11-17/h6-8,10,15,18-19H,2-5,9,12-13H2,1H3. The molecule has 1 rings (SSSR count). The van der Waals surface area contributed by atoms with Crippen molar-refractivity contribution in [2.75, 3.05) is 19.7 Å². The molecular formula is C16H24N2O2. The smallest absolute Gasteiger partial charge is 0.120 e. The number of unbranched alkanes of at least 4 members (excludes halogenated alkanes) is 3. The maximum Gasteiger partial charge on any atom is 0.120 e. The number of aliphatic hydroxyl groups is 1. The number of hydrogen-bond donors (Lipinski definition) is 2. The lowest BCUT2D eigenvalue weighted by molar-refractivity contribution is 0.106. The van der Waals surface area contributed by atoms with Gasteiger partial charge < -0.3 is 15.2 Å². The Labute approximate surface area is 121 Å². The van der Waals surface area contributed by atoms with Crippen molar-refractivity contribution in [1.82, 2.24) is 5.32 Å². The molecule has 0 bridgehead atoms. The molecule has 1 atom stereocenters. The summed E-state index contributed by atoms with van der Waals surface area (Å²) in [5, 5.41) is 21.8. The predicted octanol–water partition coefficient (Wildman–Crippen LogP) is 2.47. The molecule has 4 nitrogen and oxygen atoms in total. The SMILES string of the molecule is CCCCCCNCC(O)COc1cccc(C#N)c1. The average Bonchev–Trinajstić information content (AvgIpc) is 2.49. The van der Waals surface area contributed by atoms with E-state index in [1.54, 1.807) is 24.3 Å². The number of benzene rings is 1. The van der Waals surface area contributed by atoms with Gasteiger partial charge in [-0.2, -0.15) is 5.26 Å². The third kappa shape index (κ3) is 7.13. The Morgan fingerprint density at radius 2 is 2.20 bits per heavy atom. The van der Waals surface area contributed by atoms with E-state index in [4.69, 9.17) is 10.00 Å². The van der Waals surface area contributed by atoms with Crippen LogP contribution in [0.2, 0.25) is 0 Å². The number of hydrogen-bond acceptors (Lipinski definition) is 4. The first-order chi connectivity index (χ1) is 9.76. The van der Waals surface area contributed by atoms with Gasteiger partial charge >= 0.3 is 0 Å². The summed E-state index contributed by atoms with van der Waals surface area (Å²) in [5.74, 6) is 0.617. The molecule has 1 aromatic carbocycles. The lowest BCUT2D eigenvalue weighted by atomic mass is 10.2. The summed E-state index contributed by atoms with van der Waals surface area (Å²) in [4.78, 5) is 0. The zero-order valence-corrected chi connectivity index (χ0v) is 12.1.